The second-order valence-electron chi connectivity index (χ2n) is 7.00. The molecule has 1 aliphatic heterocycles. The molecule has 4 heterocycles. The van der Waals surface area contributed by atoms with Crippen molar-refractivity contribution in [1.82, 2.24) is 19.5 Å². The van der Waals surface area contributed by atoms with Crippen LogP contribution in [0.25, 0.3) is 28.2 Å². The van der Waals surface area contributed by atoms with Crippen LogP contribution in [-0.4, -0.2) is 32.6 Å². The van der Waals surface area contributed by atoms with Crippen LogP contribution in [-0.2, 0) is 0 Å². The third-order valence-corrected chi connectivity index (χ3v) is 5.15. The normalized spacial score (nSPS) is 14.1. The fourth-order valence-electron chi connectivity index (χ4n) is 3.80. The number of aromatic nitrogens is 4. The SMILES string of the molecule is Cc1cc(N2CCCC2)cc2nc(-c3cccnc3-n3ccnc3)oc(=O)c12. The Kier molecular flexibility index (Phi) is 3.93. The fraction of sp³-hybridized carbons (Fsp3) is 0.238. The van der Waals surface area contributed by atoms with Crippen LogP contribution in [0, 0.1) is 6.92 Å². The molecule has 1 saturated heterocycles. The molecular weight excluding hydrogens is 354 g/mol. The number of aryl methyl sites for hydroxylation is 1. The molecule has 0 N–H and O–H groups in total. The predicted octanol–water partition coefficient (Wildman–Crippen LogP) is 3.34. The molecule has 0 unspecified atom stereocenters. The highest BCUT2D eigenvalue weighted by atomic mass is 16.4. The van der Waals surface area contributed by atoms with Gasteiger partial charge in [0, 0.05) is 37.4 Å². The highest BCUT2D eigenvalue weighted by molar-refractivity contribution is 5.86. The van der Waals surface area contributed by atoms with Crippen molar-refractivity contribution in [3.63, 3.8) is 0 Å². The molecule has 0 amide bonds. The molecular formula is C21H19N5O2. The van der Waals surface area contributed by atoms with Crippen LogP contribution in [0.15, 0.2) is 58.4 Å². The van der Waals surface area contributed by atoms with Crippen molar-refractivity contribution >= 4 is 16.6 Å². The zero-order valence-electron chi connectivity index (χ0n) is 15.5. The van der Waals surface area contributed by atoms with Crippen LogP contribution in [0.3, 0.4) is 0 Å². The van der Waals surface area contributed by atoms with Gasteiger partial charge in [-0.25, -0.2) is 19.7 Å². The minimum atomic E-state index is -0.383. The van der Waals surface area contributed by atoms with Crippen molar-refractivity contribution in [1.29, 1.82) is 0 Å². The Hall–Kier alpha value is -3.48. The summed E-state index contributed by atoms with van der Waals surface area (Å²) in [5, 5.41) is 0.528. The number of anilines is 1. The van der Waals surface area contributed by atoms with Gasteiger partial charge in [-0.15, -0.1) is 0 Å². The molecule has 1 aromatic carbocycles. The van der Waals surface area contributed by atoms with E-state index in [1.807, 2.05) is 25.1 Å². The highest BCUT2D eigenvalue weighted by Crippen LogP contribution is 2.29. The van der Waals surface area contributed by atoms with Crippen molar-refractivity contribution in [2.24, 2.45) is 0 Å². The Bertz CT molecular complexity index is 1210. The number of fused-ring (bicyclic) bond motifs is 1. The minimum absolute atomic E-state index is 0.257. The van der Waals surface area contributed by atoms with Gasteiger partial charge in [-0.2, -0.15) is 0 Å². The summed E-state index contributed by atoms with van der Waals surface area (Å²) in [6, 6.07) is 7.68. The molecule has 7 nitrogen and oxygen atoms in total. The third kappa shape index (κ3) is 2.76. The summed E-state index contributed by atoms with van der Waals surface area (Å²) in [5.41, 5.74) is 2.89. The summed E-state index contributed by atoms with van der Waals surface area (Å²) in [4.78, 5) is 28.3. The van der Waals surface area contributed by atoms with Crippen molar-refractivity contribution in [2.45, 2.75) is 19.8 Å². The number of rotatable bonds is 3. The Balaban J connectivity index is 1.71. The molecule has 5 rings (SSSR count). The van der Waals surface area contributed by atoms with Crippen molar-refractivity contribution < 1.29 is 4.42 Å². The number of pyridine rings is 1. The molecule has 0 atom stereocenters. The summed E-state index contributed by atoms with van der Waals surface area (Å²) in [7, 11) is 0. The molecule has 0 bridgehead atoms. The van der Waals surface area contributed by atoms with Gasteiger partial charge in [-0.1, -0.05) is 0 Å². The van der Waals surface area contributed by atoms with Gasteiger partial charge in [0.25, 0.3) is 0 Å². The molecule has 28 heavy (non-hydrogen) atoms. The van der Waals surface area contributed by atoms with E-state index in [4.69, 9.17) is 9.40 Å². The predicted molar refractivity (Wildman–Crippen MR) is 107 cm³/mol. The van der Waals surface area contributed by atoms with E-state index in [0.717, 1.165) is 24.3 Å². The molecule has 0 spiro atoms. The third-order valence-electron chi connectivity index (χ3n) is 5.15. The fourth-order valence-corrected chi connectivity index (χ4v) is 3.80. The Morgan fingerprint density at radius 3 is 2.79 bits per heavy atom. The van der Waals surface area contributed by atoms with E-state index in [9.17, 15) is 4.79 Å². The first kappa shape index (κ1) is 16.7. The molecule has 140 valence electrons. The summed E-state index contributed by atoms with van der Waals surface area (Å²) in [6.07, 6.45) is 9.19. The van der Waals surface area contributed by atoms with Gasteiger partial charge >= 0.3 is 5.63 Å². The average molecular weight is 373 g/mol. The van der Waals surface area contributed by atoms with Gasteiger partial charge in [0.05, 0.1) is 16.5 Å². The van der Waals surface area contributed by atoms with Crippen LogP contribution in [0.5, 0.6) is 0 Å². The van der Waals surface area contributed by atoms with Crippen molar-refractivity contribution in [3.05, 3.63) is 65.2 Å². The van der Waals surface area contributed by atoms with Gasteiger partial charge in [0.15, 0.2) is 5.82 Å². The molecule has 0 radical (unpaired) electrons. The lowest BCUT2D eigenvalue weighted by atomic mass is 10.1. The van der Waals surface area contributed by atoms with E-state index in [1.54, 1.807) is 35.6 Å². The largest absolute Gasteiger partial charge is 0.403 e. The van der Waals surface area contributed by atoms with E-state index < -0.39 is 0 Å². The van der Waals surface area contributed by atoms with Crippen LogP contribution in [0.4, 0.5) is 5.69 Å². The van der Waals surface area contributed by atoms with E-state index >= 15 is 0 Å². The summed E-state index contributed by atoms with van der Waals surface area (Å²) >= 11 is 0. The van der Waals surface area contributed by atoms with Gasteiger partial charge < -0.3 is 9.32 Å². The molecule has 0 aliphatic carbocycles. The molecule has 1 aliphatic rings. The van der Waals surface area contributed by atoms with Gasteiger partial charge in [0.2, 0.25) is 5.89 Å². The van der Waals surface area contributed by atoms with Gasteiger partial charge in [-0.3, -0.25) is 4.57 Å². The molecule has 0 saturated carbocycles. The maximum absolute atomic E-state index is 12.8. The van der Waals surface area contributed by atoms with E-state index in [-0.39, 0.29) is 11.5 Å². The zero-order chi connectivity index (χ0) is 19.1. The molecule has 4 aromatic rings. The van der Waals surface area contributed by atoms with Crippen molar-refractivity contribution in [3.8, 4) is 17.3 Å². The summed E-state index contributed by atoms with van der Waals surface area (Å²) in [6.45, 7) is 4.00. The maximum Gasteiger partial charge on any atom is 0.347 e. The second kappa shape index (κ2) is 6.60. The van der Waals surface area contributed by atoms with Gasteiger partial charge in [-0.05, 0) is 49.6 Å². The first-order valence-corrected chi connectivity index (χ1v) is 9.35. The summed E-state index contributed by atoms with van der Waals surface area (Å²) < 4.78 is 7.38. The maximum atomic E-state index is 12.8. The zero-order valence-corrected chi connectivity index (χ0v) is 15.5. The molecule has 1 fully saturated rings. The van der Waals surface area contributed by atoms with E-state index in [2.05, 4.69) is 14.9 Å². The number of imidazole rings is 1. The lowest BCUT2D eigenvalue weighted by molar-refractivity contribution is 0.517. The molecule has 7 heteroatoms. The monoisotopic (exact) mass is 373 g/mol. The van der Waals surface area contributed by atoms with Crippen LogP contribution < -0.4 is 10.5 Å². The lowest BCUT2D eigenvalue weighted by Crippen LogP contribution is -2.18. The minimum Gasteiger partial charge on any atom is -0.403 e. The molecule has 3 aromatic heterocycles. The lowest BCUT2D eigenvalue weighted by Gasteiger charge is -2.18. The quantitative estimate of drug-likeness (QED) is 0.548. The first-order valence-electron chi connectivity index (χ1n) is 9.35. The van der Waals surface area contributed by atoms with Gasteiger partial charge in [0.1, 0.15) is 6.33 Å². The Morgan fingerprint density at radius 1 is 1.14 bits per heavy atom. The second-order valence-corrected chi connectivity index (χ2v) is 7.00. The van der Waals surface area contributed by atoms with Crippen LogP contribution >= 0.6 is 0 Å². The van der Waals surface area contributed by atoms with Crippen molar-refractivity contribution in [2.75, 3.05) is 18.0 Å². The number of hydrogen-bond acceptors (Lipinski definition) is 6. The van der Waals surface area contributed by atoms with Crippen LogP contribution in [0.2, 0.25) is 0 Å². The van der Waals surface area contributed by atoms with E-state index in [0.29, 0.717) is 22.3 Å². The first-order chi connectivity index (χ1) is 13.7. The summed E-state index contributed by atoms with van der Waals surface area (Å²) in [5.74, 6) is 0.870. The Labute approximate surface area is 161 Å². The average Bonchev–Trinajstić information content (AvgIpc) is 3.41. The number of hydrogen-bond donors (Lipinski definition) is 0. The standard InChI is InChI=1S/C21H19N5O2/c1-14-11-15(25-8-2-3-9-25)12-17-18(14)21(27)28-20(24-17)16-5-4-6-23-19(16)26-10-7-22-13-26/h4-7,10-13H,2-3,8-9H2,1H3. The number of nitrogens with zero attached hydrogens (tertiary/aromatic N) is 5. The van der Waals surface area contributed by atoms with Crippen LogP contribution in [0.1, 0.15) is 18.4 Å². The highest BCUT2D eigenvalue weighted by Gasteiger charge is 2.18. The topological polar surface area (TPSA) is 77.1 Å². The smallest absolute Gasteiger partial charge is 0.347 e. The van der Waals surface area contributed by atoms with E-state index in [1.165, 1.54) is 12.8 Å². The Morgan fingerprint density at radius 2 is 2.00 bits per heavy atom. The number of benzene rings is 1.